The van der Waals surface area contributed by atoms with Crippen molar-refractivity contribution in [3.63, 3.8) is 0 Å². The van der Waals surface area contributed by atoms with Crippen LogP contribution in [-0.2, 0) is 0 Å². The number of nitrogens with two attached hydrogens (primary N) is 1. The van der Waals surface area contributed by atoms with Gasteiger partial charge in [0.25, 0.3) is 0 Å². The van der Waals surface area contributed by atoms with Gasteiger partial charge < -0.3 is 25.3 Å². The van der Waals surface area contributed by atoms with Gasteiger partial charge in [-0.15, -0.1) is 0 Å². The molecule has 0 aliphatic carbocycles. The molecule has 1 heterocycles. The van der Waals surface area contributed by atoms with E-state index in [4.69, 9.17) is 19.9 Å². The highest BCUT2D eigenvalue weighted by Gasteiger charge is 2.24. The molecule has 3 aromatic rings. The molecule has 3 N–H and O–H groups in total. The minimum Gasteiger partial charge on any atom is -0.497 e. The lowest BCUT2D eigenvalue weighted by Gasteiger charge is -2.13. The predicted octanol–water partition coefficient (Wildman–Crippen LogP) is 4.03. The van der Waals surface area contributed by atoms with Crippen LogP contribution in [0.3, 0.4) is 0 Å². The Morgan fingerprint density at radius 1 is 1.11 bits per heavy atom. The third-order valence-corrected chi connectivity index (χ3v) is 5.05. The minimum absolute atomic E-state index is 0.147. The highest BCUT2D eigenvalue weighted by Crippen LogP contribution is 2.39. The van der Waals surface area contributed by atoms with Crippen molar-refractivity contribution in [2.24, 2.45) is 0 Å². The fraction of sp³-hybridized carbons (Fsp3) is 0.200. The highest BCUT2D eigenvalue weighted by atomic mass is 32.1. The lowest BCUT2D eigenvalue weighted by atomic mass is 10.1. The number of nitrogen functional groups attached to an aromatic ring is 1. The fourth-order valence-electron chi connectivity index (χ4n) is 2.74. The number of hydrogen-bond acceptors (Lipinski definition) is 8. The molecule has 1 aromatic heterocycles. The summed E-state index contributed by atoms with van der Waals surface area (Å²) in [5.41, 5.74) is 8.30. The maximum atomic E-state index is 13.2. The molecule has 146 valence electrons. The number of aryl methyl sites for hydroxylation is 1. The first-order valence-corrected chi connectivity index (χ1v) is 9.23. The number of hydrogen-bond donors (Lipinski definition) is 2. The number of nitrogens with one attached hydrogen (secondary N) is 1. The van der Waals surface area contributed by atoms with E-state index in [1.165, 1.54) is 32.7 Å². The fourth-order valence-corrected chi connectivity index (χ4v) is 3.60. The smallest absolute Gasteiger partial charge is 0.210 e. The van der Waals surface area contributed by atoms with Crippen LogP contribution in [0.1, 0.15) is 20.8 Å². The second-order valence-corrected chi connectivity index (χ2v) is 6.97. The largest absolute Gasteiger partial charge is 0.497 e. The maximum absolute atomic E-state index is 13.2. The summed E-state index contributed by atoms with van der Waals surface area (Å²) < 4.78 is 16.0. The molecule has 0 fully saturated rings. The van der Waals surface area contributed by atoms with Crippen molar-refractivity contribution in [2.75, 3.05) is 32.4 Å². The SMILES string of the molecule is COc1cc(OC)c(OC)c(C(=O)c2sc(Nc3cccc(C)c3)nc2N)c1. The van der Waals surface area contributed by atoms with Crippen molar-refractivity contribution in [2.45, 2.75) is 6.92 Å². The molecule has 0 spiro atoms. The van der Waals surface area contributed by atoms with Crippen LogP contribution in [0.2, 0.25) is 0 Å². The maximum Gasteiger partial charge on any atom is 0.210 e. The summed E-state index contributed by atoms with van der Waals surface area (Å²) in [7, 11) is 4.48. The number of thiazole rings is 1. The summed E-state index contributed by atoms with van der Waals surface area (Å²) in [6.45, 7) is 2.00. The Hall–Kier alpha value is -3.26. The topological polar surface area (TPSA) is 95.7 Å². The van der Waals surface area contributed by atoms with Gasteiger partial charge >= 0.3 is 0 Å². The summed E-state index contributed by atoms with van der Waals surface area (Å²) in [5, 5.41) is 3.71. The van der Waals surface area contributed by atoms with Gasteiger partial charge in [0.05, 0.1) is 26.9 Å². The van der Waals surface area contributed by atoms with Crippen molar-refractivity contribution in [1.82, 2.24) is 4.98 Å². The number of carbonyl (C=O) groups excluding carboxylic acids is 1. The number of ether oxygens (including phenoxy) is 3. The van der Waals surface area contributed by atoms with Crippen LogP contribution in [-0.4, -0.2) is 32.1 Å². The number of benzene rings is 2. The van der Waals surface area contributed by atoms with Gasteiger partial charge in [-0.05, 0) is 30.7 Å². The molecule has 0 aliphatic heterocycles. The number of methoxy groups -OCH3 is 3. The average Bonchev–Trinajstić information content (AvgIpc) is 3.06. The van der Waals surface area contributed by atoms with Crippen molar-refractivity contribution < 1.29 is 19.0 Å². The van der Waals surface area contributed by atoms with Gasteiger partial charge in [0.15, 0.2) is 16.6 Å². The van der Waals surface area contributed by atoms with Crippen LogP contribution in [0, 0.1) is 6.92 Å². The summed E-state index contributed by atoms with van der Waals surface area (Å²) >= 11 is 1.18. The molecule has 0 unspecified atom stereocenters. The summed E-state index contributed by atoms with van der Waals surface area (Å²) in [5.74, 6) is 1.01. The molecule has 0 aliphatic rings. The normalized spacial score (nSPS) is 10.4. The molecule has 0 atom stereocenters. The van der Waals surface area contributed by atoms with E-state index in [2.05, 4.69) is 10.3 Å². The van der Waals surface area contributed by atoms with Crippen LogP contribution in [0.4, 0.5) is 16.6 Å². The van der Waals surface area contributed by atoms with Gasteiger partial charge in [-0.25, -0.2) is 4.98 Å². The van der Waals surface area contributed by atoms with Crippen molar-refractivity contribution in [1.29, 1.82) is 0 Å². The van der Waals surface area contributed by atoms with E-state index in [9.17, 15) is 4.79 Å². The third kappa shape index (κ3) is 3.86. The van der Waals surface area contributed by atoms with Crippen LogP contribution in [0.5, 0.6) is 17.2 Å². The van der Waals surface area contributed by atoms with E-state index in [0.29, 0.717) is 27.3 Å². The van der Waals surface area contributed by atoms with Gasteiger partial charge in [-0.2, -0.15) is 0 Å². The quantitative estimate of drug-likeness (QED) is 0.579. The van der Waals surface area contributed by atoms with Crippen molar-refractivity contribution in [3.8, 4) is 17.2 Å². The summed E-state index contributed by atoms with van der Waals surface area (Å²) in [6.07, 6.45) is 0. The molecule has 7 nitrogen and oxygen atoms in total. The van der Waals surface area contributed by atoms with Gasteiger partial charge in [-0.3, -0.25) is 4.79 Å². The first-order valence-electron chi connectivity index (χ1n) is 8.41. The summed E-state index contributed by atoms with van der Waals surface area (Å²) in [6, 6.07) is 11.1. The zero-order valence-electron chi connectivity index (χ0n) is 16.0. The van der Waals surface area contributed by atoms with E-state index in [-0.39, 0.29) is 17.2 Å². The van der Waals surface area contributed by atoms with E-state index in [0.717, 1.165) is 11.3 Å². The lowest BCUT2D eigenvalue weighted by molar-refractivity contribution is 0.103. The van der Waals surface area contributed by atoms with Gasteiger partial charge in [0.1, 0.15) is 16.4 Å². The Kier molecular flexibility index (Phi) is 5.70. The molecule has 0 bridgehead atoms. The summed E-state index contributed by atoms with van der Waals surface area (Å²) in [4.78, 5) is 17.8. The standard InChI is InChI=1S/C20H21N3O4S/c1-11-6-5-7-12(8-11)22-20-23-19(21)18(28-20)16(24)14-9-13(25-2)10-15(26-3)17(14)27-4/h5-10H,21H2,1-4H3,(H,22,23). The zero-order chi connectivity index (χ0) is 20.3. The number of rotatable bonds is 7. The third-order valence-electron chi connectivity index (χ3n) is 4.06. The second-order valence-electron chi connectivity index (χ2n) is 5.97. The predicted molar refractivity (Wildman–Crippen MR) is 111 cm³/mol. The Bertz CT molecular complexity index is 1020. The Morgan fingerprint density at radius 2 is 1.89 bits per heavy atom. The van der Waals surface area contributed by atoms with Crippen LogP contribution >= 0.6 is 11.3 Å². The molecule has 8 heteroatoms. The number of anilines is 3. The van der Waals surface area contributed by atoms with E-state index >= 15 is 0 Å². The highest BCUT2D eigenvalue weighted by molar-refractivity contribution is 7.18. The monoisotopic (exact) mass is 399 g/mol. The molecule has 0 radical (unpaired) electrons. The van der Waals surface area contributed by atoms with Crippen LogP contribution in [0.15, 0.2) is 36.4 Å². The van der Waals surface area contributed by atoms with E-state index in [1.54, 1.807) is 12.1 Å². The first kappa shape index (κ1) is 19.5. The minimum atomic E-state index is -0.318. The molecule has 0 saturated carbocycles. The zero-order valence-corrected chi connectivity index (χ0v) is 16.8. The van der Waals surface area contributed by atoms with Gasteiger partial charge in [0.2, 0.25) is 5.78 Å². The van der Waals surface area contributed by atoms with Gasteiger partial charge in [0, 0.05) is 11.8 Å². The van der Waals surface area contributed by atoms with Crippen molar-refractivity contribution in [3.05, 3.63) is 52.4 Å². The number of ketones is 1. The Balaban J connectivity index is 1.98. The molecule has 0 amide bonds. The first-order chi connectivity index (χ1) is 13.5. The number of aromatic nitrogens is 1. The van der Waals surface area contributed by atoms with E-state index < -0.39 is 0 Å². The molecule has 28 heavy (non-hydrogen) atoms. The number of nitrogens with zero attached hydrogens (tertiary/aromatic N) is 1. The lowest BCUT2D eigenvalue weighted by Crippen LogP contribution is -2.06. The molecular weight excluding hydrogens is 378 g/mol. The number of carbonyl (C=O) groups is 1. The van der Waals surface area contributed by atoms with E-state index in [1.807, 2.05) is 31.2 Å². The Morgan fingerprint density at radius 3 is 2.54 bits per heavy atom. The average molecular weight is 399 g/mol. The molecule has 2 aromatic carbocycles. The van der Waals surface area contributed by atoms with Crippen LogP contribution in [0.25, 0.3) is 0 Å². The van der Waals surface area contributed by atoms with Crippen molar-refractivity contribution >= 4 is 33.8 Å². The molecular formula is C20H21N3O4S. The van der Waals surface area contributed by atoms with Crippen LogP contribution < -0.4 is 25.3 Å². The van der Waals surface area contributed by atoms with Gasteiger partial charge in [-0.1, -0.05) is 23.5 Å². The second kappa shape index (κ2) is 8.18. The molecule has 3 rings (SSSR count). The Labute approximate surface area is 167 Å². The molecule has 0 saturated heterocycles.